The second-order valence-corrected chi connectivity index (χ2v) is 10.2. The first-order valence-corrected chi connectivity index (χ1v) is 12.9. The molecule has 0 spiro atoms. The number of allylic oxidation sites excluding steroid dienone is 1. The molecule has 1 fully saturated rings. The Balaban J connectivity index is 1.69. The van der Waals surface area contributed by atoms with E-state index in [0.29, 0.717) is 38.3 Å². The van der Waals surface area contributed by atoms with Crippen LogP contribution < -0.4 is 4.74 Å². The molecule has 0 bridgehead atoms. The van der Waals surface area contributed by atoms with Crippen LogP contribution in [0.3, 0.4) is 0 Å². The largest absolute Gasteiger partial charge is 0.504 e. The summed E-state index contributed by atoms with van der Waals surface area (Å²) in [6.07, 6.45) is 2.82. The second-order valence-electron chi connectivity index (χ2n) is 10.2. The second kappa shape index (κ2) is 12.2. The molecular formula is C30H40N2O5. The van der Waals surface area contributed by atoms with E-state index in [1.165, 1.54) is 7.11 Å². The van der Waals surface area contributed by atoms with E-state index in [2.05, 4.69) is 33.4 Å². The average molecular weight is 509 g/mol. The zero-order chi connectivity index (χ0) is 27.2. The van der Waals surface area contributed by atoms with Gasteiger partial charge in [0.15, 0.2) is 11.5 Å². The molecule has 1 saturated heterocycles. The molecule has 1 aliphatic rings. The third-order valence-corrected chi connectivity index (χ3v) is 7.50. The Bertz CT molecular complexity index is 1130. The standard InChI is InChI=1S/C30H40N2O5/c1-7-24-23(9-8-10-25(24)28(34)31-15-17-32(18-16-31)29(35)37-6)19-21(2)30(3,4)14-13-22-11-12-26(33)27(20-22)36-5/h8-12,20,33H,2,7,13-19H2,1,3-6H3. The summed E-state index contributed by atoms with van der Waals surface area (Å²) in [7, 11) is 2.93. The molecule has 2 aromatic rings. The van der Waals surface area contributed by atoms with Gasteiger partial charge in [-0.05, 0) is 66.0 Å². The van der Waals surface area contributed by atoms with E-state index in [4.69, 9.17) is 9.47 Å². The molecule has 0 radical (unpaired) electrons. The van der Waals surface area contributed by atoms with Crippen LogP contribution in [-0.2, 0) is 24.0 Å². The molecule has 37 heavy (non-hydrogen) atoms. The van der Waals surface area contributed by atoms with Crippen LogP contribution in [0, 0.1) is 5.41 Å². The lowest BCUT2D eigenvalue weighted by atomic mass is 9.76. The number of phenolic OH excluding ortho intramolecular Hbond substituents is 1. The molecule has 0 aromatic heterocycles. The zero-order valence-corrected chi connectivity index (χ0v) is 22.8. The van der Waals surface area contributed by atoms with E-state index < -0.39 is 0 Å². The minimum Gasteiger partial charge on any atom is -0.504 e. The van der Waals surface area contributed by atoms with E-state index in [9.17, 15) is 14.7 Å². The van der Waals surface area contributed by atoms with Crippen molar-refractivity contribution >= 4 is 12.0 Å². The summed E-state index contributed by atoms with van der Waals surface area (Å²) in [5, 5.41) is 9.87. The van der Waals surface area contributed by atoms with E-state index in [1.54, 1.807) is 18.1 Å². The van der Waals surface area contributed by atoms with Gasteiger partial charge in [0.25, 0.3) is 5.91 Å². The average Bonchev–Trinajstić information content (AvgIpc) is 2.91. The highest BCUT2D eigenvalue weighted by Gasteiger charge is 2.28. The molecular weight excluding hydrogens is 468 g/mol. The fraction of sp³-hybridized carbons (Fsp3) is 0.467. The van der Waals surface area contributed by atoms with Crippen molar-refractivity contribution in [2.75, 3.05) is 40.4 Å². The van der Waals surface area contributed by atoms with Crippen molar-refractivity contribution in [3.63, 3.8) is 0 Å². The SMILES string of the molecule is C=C(Cc1cccc(C(=O)N2CCN(C(=O)OC)CC2)c1CC)C(C)(C)CCc1ccc(O)c(OC)c1. The predicted octanol–water partition coefficient (Wildman–Crippen LogP) is 5.25. The molecule has 3 rings (SSSR count). The normalized spacial score (nSPS) is 13.9. The summed E-state index contributed by atoms with van der Waals surface area (Å²) < 4.78 is 10.0. The minimum absolute atomic E-state index is 0.00867. The Morgan fingerprint density at radius 1 is 1.05 bits per heavy atom. The van der Waals surface area contributed by atoms with Gasteiger partial charge in [0.05, 0.1) is 14.2 Å². The number of carbonyl (C=O) groups is 2. The maximum atomic E-state index is 13.4. The number of hydrogen-bond acceptors (Lipinski definition) is 5. The van der Waals surface area contributed by atoms with Gasteiger partial charge in [0.2, 0.25) is 0 Å². The lowest BCUT2D eigenvalue weighted by Crippen LogP contribution is -2.50. The molecule has 2 aromatic carbocycles. The molecule has 1 N–H and O–H groups in total. The number of aryl methyl sites for hydroxylation is 1. The number of ether oxygens (including phenoxy) is 2. The van der Waals surface area contributed by atoms with Crippen LogP contribution in [0.15, 0.2) is 48.6 Å². The first-order chi connectivity index (χ1) is 17.6. The number of amides is 2. The van der Waals surface area contributed by atoms with Crippen molar-refractivity contribution in [2.45, 2.75) is 46.5 Å². The van der Waals surface area contributed by atoms with E-state index in [1.807, 2.05) is 29.2 Å². The van der Waals surface area contributed by atoms with Gasteiger partial charge in [-0.2, -0.15) is 0 Å². The van der Waals surface area contributed by atoms with Crippen LogP contribution >= 0.6 is 0 Å². The smallest absolute Gasteiger partial charge is 0.409 e. The number of rotatable bonds is 9. The summed E-state index contributed by atoms with van der Waals surface area (Å²) in [5.41, 5.74) is 5.01. The molecule has 0 atom stereocenters. The minimum atomic E-state index is -0.353. The Morgan fingerprint density at radius 2 is 1.73 bits per heavy atom. The molecule has 7 heteroatoms. The van der Waals surface area contributed by atoms with E-state index >= 15 is 0 Å². The fourth-order valence-corrected chi connectivity index (χ4v) is 4.79. The molecule has 7 nitrogen and oxygen atoms in total. The highest BCUT2D eigenvalue weighted by atomic mass is 16.5. The highest BCUT2D eigenvalue weighted by Crippen LogP contribution is 2.35. The van der Waals surface area contributed by atoms with Gasteiger partial charge in [0, 0.05) is 31.7 Å². The molecule has 0 saturated carbocycles. The number of phenols is 1. The van der Waals surface area contributed by atoms with Crippen molar-refractivity contribution in [1.29, 1.82) is 0 Å². The number of hydrogen-bond donors (Lipinski definition) is 1. The van der Waals surface area contributed by atoms with Crippen molar-refractivity contribution in [2.24, 2.45) is 5.41 Å². The van der Waals surface area contributed by atoms with Gasteiger partial charge < -0.3 is 24.4 Å². The Hall–Kier alpha value is -3.48. The number of nitrogens with zero attached hydrogens (tertiary/aromatic N) is 2. The third-order valence-electron chi connectivity index (χ3n) is 7.50. The van der Waals surface area contributed by atoms with Gasteiger partial charge in [0.1, 0.15) is 0 Å². The van der Waals surface area contributed by atoms with Crippen molar-refractivity contribution in [1.82, 2.24) is 9.80 Å². The summed E-state index contributed by atoms with van der Waals surface area (Å²) in [6.45, 7) is 12.8. The summed E-state index contributed by atoms with van der Waals surface area (Å²) in [4.78, 5) is 28.7. The fourth-order valence-electron chi connectivity index (χ4n) is 4.79. The Kier molecular flexibility index (Phi) is 9.24. The van der Waals surface area contributed by atoms with E-state index in [-0.39, 0.29) is 23.2 Å². The van der Waals surface area contributed by atoms with Crippen LogP contribution in [0.2, 0.25) is 0 Å². The topological polar surface area (TPSA) is 79.3 Å². The lowest BCUT2D eigenvalue weighted by Gasteiger charge is -2.34. The van der Waals surface area contributed by atoms with Crippen LogP contribution in [-0.4, -0.2) is 67.3 Å². The first kappa shape index (κ1) is 28.1. The third kappa shape index (κ3) is 6.64. The predicted molar refractivity (Wildman–Crippen MR) is 145 cm³/mol. The number of aromatic hydroxyl groups is 1. The van der Waals surface area contributed by atoms with Crippen LogP contribution in [0.4, 0.5) is 4.79 Å². The van der Waals surface area contributed by atoms with Crippen LogP contribution in [0.1, 0.15) is 54.2 Å². The molecule has 1 heterocycles. The molecule has 2 amide bonds. The summed E-state index contributed by atoms with van der Waals surface area (Å²) in [5.74, 6) is 0.631. The molecule has 1 aliphatic heterocycles. The van der Waals surface area contributed by atoms with Gasteiger partial charge in [-0.15, -0.1) is 0 Å². The van der Waals surface area contributed by atoms with Gasteiger partial charge in [-0.25, -0.2) is 4.79 Å². The quantitative estimate of drug-likeness (QED) is 0.469. The number of piperazine rings is 1. The summed E-state index contributed by atoms with van der Waals surface area (Å²) in [6, 6.07) is 11.4. The van der Waals surface area contributed by atoms with Gasteiger partial charge in [-0.3, -0.25) is 4.79 Å². The Labute approximate surface area is 220 Å². The van der Waals surface area contributed by atoms with Gasteiger partial charge in [-0.1, -0.05) is 51.1 Å². The van der Waals surface area contributed by atoms with Gasteiger partial charge >= 0.3 is 6.09 Å². The lowest BCUT2D eigenvalue weighted by molar-refractivity contribution is 0.0598. The molecule has 0 aliphatic carbocycles. The summed E-state index contributed by atoms with van der Waals surface area (Å²) >= 11 is 0. The monoisotopic (exact) mass is 508 g/mol. The molecule has 200 valence electrons. The maximum absolute atomic E-state index is 13.4. The number of benzene rings is 2. The van der Waals surface area contributed by atoms with Crippen LogP contribution in [0.25, 0.3) is 0 Å². The number of carbonyl (C=O) groups excluding carboxylic acids is 2. The Morgan fingerprint density at radius 3 is 2.35 bits per heavy atom. The van der Waals surface area contributed by atoms with Crippen molar-refractivity contribution in [3.8, 4) is 11.5 Å². The number of methoxy groups -OCH3 is 2. The zero-order valence-electron chi connectivity index (χ0n) is 22.8. The van der Waals surface area contributed by atoms with Crippen molar-refractivity contribution < 1.29 is 24.2 Å². The first-order valence-electron chi connectivity index (χ1n) is 12.9. The van der Waals surface area contributed by atoms with Crippen molar-refractivity contribution in [3.05, 3.63) is 70.8 Å². The maximum Gasteiger partial charge on any atom is 0.409 e. The van der Waals surface area contributed by atoms with Crippen LogP contribution in [0.5, 0.6) is 11.5 Å². The molecule has 0 unspecified atom stereocenters. The highest BCUT2D eigenvalue weighted by molar-refractivity contribution is 5.96. The van der Waals surface area contributed by atoms with E-state index in [0.717, 1.165) is 47.1 Å².